The second-order valence-corrected chi connectivity index (χ2v) is 6.22. The summed E-state index contributed by atoms with van der Waals surface area (Å²) < 4.78 is 0.914. The molecule has 134 valence electrons. The molecule has 3 N–H and O–H groups in total. The van der Waals surface area contributed by atoms with E-state index in [4.69, 9.17) is 0 Å². The number of hydrogen-bond donors (Lipinski definition) is 3. The van der Waals surface area contributed by atoms with Gasteiger partial charge >= 0.3 is 0 Å². The highest BCUT2D eigenvalue weighted by Gasteiger charge is 2.04. The van der Waals surface area contributed by atoms with Gasteiger partial charge in [-0.25, -0.2) is 0 Å². The molecular weight excluding hydrogens is 398 g/mol. The van der Waals surface area contributed by atoms with Gasteiger partial charge in [0.1, 0.15) is 0 Å². The third-order valence-electron chi connectivity index (χ3n) is 3.38. The van der Waals surface area contributed by atoms with E-state index < -0.39 is 0 Å². The molecule has 3 amide bonds. The molecule has 2 rings (SSSR count). The molecule has 26 heavy (non-hydrogen) atoms. The fraction of sp³-hybridized carbons (Fsp3) is 0.105. The van der Waals surface area contributed by atoms with Crippen LogP contribution in [0.1, 0.15) is 15.9 Å². The monoisotopic (exact) mass is 415 g/mol. The lowest BCUT2D eigenvalue weighted by molar-refractivity contribution is -0.121. The first-order valence-electron chi connectivity index (χ1n) is 7.81. The maximum Gasteiger partial charge on any atom is 0.251 e. The molecule has 0 heterocycles. The van der Waals surface area contributed by atoms with E-state index in [2.05, 4.69) is 31.9 Å². The molecule has 0 spiro atoms. The summed E-state index contributed by atoms with van der Waals surface area (Å²) in [6, 6.07) is 13.9. The van der Waals surface area contributed by atoms with E-state index in [1.165, 1.54) is 6.08 Å². The molecule has 2 aromatic carbocycles. The molecule has 0 aromatic heterocycles. The number of carbonyl (C=O) groups is 3. The van der Waals surface area contributed by atoms with Gasteiger partial charge in [-0.15, -0.1) is 0 Å². The molecule has 0 saturated carbocycles. The summed E-state index contributed by atoms with van der Waals surface area (Å²) in [6.45, 7) is -0.130. The van der Waals surface area contributed by atoms with E-state index in [0.717, 1.165) is 10.0 Å². The largest absolute Gasteiger partial charge is 0.355 e. The molecule has 2 aromatic rings. The molecule has 0 aliphatic rings. The lowest BCUT2D eigenvalue weighted by Gasteiger charge is -2.05. The minimum Gasteiger partial charge on any atom is -0.355 e. The van der Waals surface area contributed by atoms with Gasteiger partial charge in [-0.2, -0.15) is 0 Å². The van der Waals surface area contributed by atoms with Crippen LogP contribution in [0.2, 0.25) is 0 Å². The minimum atomic E-state index is -0.383. The van der Waals surface area contributed by atoms with Crippen LogP contribution in [0.4, 0.5) is 5.69 Å². The first kappa shape index (κ1) is 19.4. The van der Waals surface area contributed by atoms with Crippen molar-refractivity contribution in [2.24, 2.45) is 0 Å². The van der Waals surface area contributed by atoms with E-state index in [1.54, 1.807) is 49.5 Å². The van der Waals surface area contributed by atoms with Crippen LogP contribution in [-0.4, -0.2) is 31.3 Å². The Labute approximate surface area is 159 Å². The minimum absolute atomic E-state index is 0.130. The fourth-order valence-corrected chi connectivity index (χ4v) is 2.29. The Kier molecular flexibility index (Phi) is 7.11. The van der Waals surface area contributed by atoms with Gasteiger partial charge in [-0.05, 0) is 48.0 Å². The molecule has 0 atom stereocenters. The number of benzene rings is 2. The topological polar surface area (TPSA) is 87.3 Å². The number of carbonyl (C=O) groups excluding carboxylic acids is 3. The molecular formula is C19H18BrN3O3. The van der Waals surface area contributed by atoms with Gasteiger partial charge < -0.3 is 16.0 Å². The highest BCUT2D eigenvalue weighted by atomic mass is 79.9. The molecule has 0 aliphatic carbocycles. The number of halogens is 1. The first-order chi connectivity index (χ1) is 12.5. The molecule has 0 unspecified atom stereocenters. The van der Waals surface area contributed by atoms with Crippen molar-refractivity contribution >= 4 is 45.4 Å². The Morgan fingerprint density at radius 1 is 1.00 bits per heavy atom. The predicted octanol–water partition coefficient (Wildman–Crippen LogP) is 2.58. The van der Waals surface area contributed by atoms with Crippen LogP contribution in [0.25, 0.3) is 6.08 Å². The zero-order chi connectivity index (χ0) is 18.9. The van der Waals surface area contributed by atoms with Crippen molar-refractivity contribution in [1.29, 1.82) is 0 Å². The summed E-state index contributed by atoms with van der Waals surface area (Å²) in [6.07, 6.45) is 2.94. The van der Waals surface area contributed by atoms with Crippen LogP contribution < -0.4 is 16.0 Å². The molecule has 0 aliphatic heterocycles. The maximum absolute atomic E-state index is 11.8. The Balaban J connectivity index is 1.80. The quantitative estimate of drug-likeness (QED) is 0.633. The normalized spacial score (nSPS) is 10.4. The van der Waals surface area contributed by atoms with Crippen molar-refractivity contribution in [1.82, 2.24) is 10.6 Å². The van der Waals surface area contributed by atoms with Gasteiger partial charge in [-0.1, -0.05) is 28.1 Å². The van der Waals surface area contributed by atoms with Crippen molar-refractivity contribution in [3.8, 4) is 0 Å². The highest BCUT2D eigenvalue weighted by molar-refractivity contribution is 9.10. The van der Waals surface area contributed by atoms with Crippen LogP contribution in [-0.2, 0) is 9.59 Å². The molecule has 0 radical (unpaired) electrons. The Morgan fingerprint density at radius 3 is 2.27 bits per heavy atom. The lowest BCUT2D eigenvalue weighted by atomic mass is 10.1. The fourth-order valence-electron chi connectivity index (χ4n) is 2.03. The van der Waals surface area contributed by atoms with E-state index in [9.17, 15) is 14.4 Å². The van der Waals surface area contributed by atoms with Crippen molar-refractivity contribution in [3.05, 3.63) is 70.2 Å². The number of amides is 3. The van der Waals surface area contributed by atoms with Crippen LogP contribution in [0.15, 0.2) is 59.1 Å². The third kappa shape index (κ3) is 6.18. The summed E-state index contributed by atoms with van der Waals surface area (Å²) in [5.74, 6) is -0.870. The summed E-state index contributed by atoms with van der Waals surface area (Å²) in [5, 5.41) is 7.73. The Morgan fingerprint density at radius 2 is 1.65 bits per heavy atom. The third-order valence-corrected chi connectivity index (χ3v) is 3.91. The SMILES string of the molecule is CNC(=O)c1ccc(C=CC(=O)NCC(=O)Nc2ccc(Br)cc2)cc1. The van der Waals surface area contributed by atoms with E-state index >= 15 is 0 Å². The number of nitrogens with one attached hydrogen (secondary N) is 3. The molecule has 0 fully saturated rings. The number of hydrogen-bond acceptors (Lipinski definition) is 3. The van der Waals surface area contributed by atoms with Crippen molar-refractivity contribution < 1.29 is 14.4 Å². The van der Waals surface area contributed by atoms with E-state index in [-0.39, 0.29) is 24.3 Å². The molecule has 0 bridgehead atoms. The van der Waals surface area contributed by atoms with E-state index in [0.29, 0.717) is 11.3 Å². The number of rotatable bonds is 6. The molecule has 7 heteroatoms. The van der Waals surface area contributed by atoms with Crippen molar-refractivity contribution in [2.75, 3.05) is 18.9 Å². The summed E-state index contributed by atoms with van der Waals surface area (Å²) >= 11 is 3.32. The van der Waals surface area contributed by atoms with Gasteiger partial charge in [0.05, 0.1) is 6.54 Å². The highest BCUT2D eigenvalue weighted by Crippen LogP contribution is 2.13. The van der Waals surface area contributed by atoms with Gasteiger partial charge in [0.15, 0.2) is 0 Å². The number of anilines is 1. The average Bonchev–Trinajstić information content (AvgIpc) is 2.66. The second-order valence-electron chi connectivity index (χ2n) is 5.31. The smallest absolute Gasteiger partial charge is 0.251 e. The van der Waals surface area contributed by atoms with Gasteiger partial charge in [0.2, 0.25) is 11.8 Å². The molecule has 0 saturated heterocycles. The zero-order valence-corrected chi connectivity index (χ0v) is 15.7. The zero-order valence-electron chi connectivity index (χ0n) is 14.1. The second kappa shape index (κ2) is 9.53. The van der Waals surface area contributed by atoms with Gasteiger partial charge in [0.25, 0.3) is 5.91 Å². The lowest BCUT2D eigenvalue weighted by Crippen LogP contribution is -2.31. The standard InChI is InChI=1S/C19H18BrN3O3/c1-21-19(26)14-5-2-13(3-6-14)4-11-17(24)22-12-18(25)23-16-9-7-15(20)8-10-16/h2-11H,12H2,1H3,(H,21,26)(H,22,24)(H,23,25). The van der Waals surface area contributed by atoms with Crippen LogP contribution in [0, 0.1) is 0 Å². The first-order valence-corrected chi connectivity index (χ1v) is 8.60. The Hall–Kier alpha value is -2.93. The summed E-state index contributed by atoms with van der Waals surface area (Å²) in [7, 11) is 1.56. The van der Waals surface area contributed by atoms with Crippen LogP contribution in [0.5, 0.6) is 0 Å². The maximum atomic E-state index is 11.8. The van der Waals surface area contributed by atoms with Gasteiger partial charge in [0, 0.05) is 28.8 Å². The van der Waals surface area contributed by atoms with Crippen LogP contribution in [0.3, 0.4) is 0 Å². The van der Waals surface area contributed by atoms with Crippen molar-refractivity contribution in [3.63, 3.8) is 0 Å². The van der Waals surface area contributed by atoms with Gasteiger partial charge in [-0.3, -0.25) is 14.4 Å². The summed E-state index contributed by atoms with van der Waals surface area (Å²) in [5.41, 5.74) is 1.96. The average molecular weight is 416 g/mol. The van der Waals surface area contributed by atoms with Crippen molar-refractivity contribution in [2.45, 2.75) is 0 Å². The molecule has 6 nitrogen and oxygen atoms in total. The van der Waals surface area contributed by atoms with Crippen LogP contribution >= 0.6 is 15.9 Å². The predicted molar refractivity (Wildman–Crippen MR) is 105 cm³/mol. The Bertz CT molecular complexity index is 815. The summed E-state index contributed by atoms with van der Waals surface area (Å²) in [4.78, 5) is 35.1. The van der Waals surface area contributed by atoms with E-state index in [1.807, 2.05) is 12.1 Å².